The van der Waals surface area contributed by atoms with Crippen molar-refractivity contribution < 1.29 is 4.79 Å². The molecule has 0 aliphatic heterocycles. The predicted octanol–water partition coefficient (Wildman–Crippen LogP) is 2.54. The van der Waals surface area contributed by atoms with E-state index in [-0.39, 0.29) is 5.91 Å². The molecule has 0 radical (unpaired) electrons. The van der Waals surface area contributed by atoms with Gasteiger partial charge < -0.3 is 5.32 Å². The number of carbonyl (C=O) groups excluding carboxylic acids is 1. The first kappa shape index (κ1) is 15.3. The maximum atomic E-state index is 12.5. The van der Waals surface area contributed by atoms with Crippen molar-refractivity contribution in [2.45, 2.75) is 13.8 Å². The number of carbonyl (C=O) groups is 1. The number of fused-ring (bicyclic) bond motifs is 1. The van der Waals surface area contributed by atoms with E-state index >= 15 is 0 Å². The summed E-state index contributed by atoms with van der Waals surface area (Å²) in [5, 5.41) is 7.16. The van der Waals surface area contributed by atoms with Gasteiger partial charge in [0.1, 0.15) is 23.2 Å². The van der Waals surface area contributed by atoms with Crippen molar-refractivity contribution in [1.29, 1.82) is 0 Å². The van der Waals surface area contributed by atoms with Gasteiger partial charge in [0.2, 0.25) is 0 Å². The van der Waals surface area contributed by atoms with E-state index in [0.717, 1.165) is 28.6 Å². The fourth-order valence-electron chi connectivity index (χ4n) is 2.50. The first-order valence-corrected chi connectivity index (χ1v) is 8.22. The largest absolute Gasteiger partial charge is 0.306 e. The molecule has 0 fully saturated rings. The molecule has 9 heteroatoms. The van der Waals surface area contributed by atoms with Crippen LogP contribution in [-0.4, -0.2) is 34.4 Å². The average Bonchev–Trinajstić information content (AvgIpc) is 3.20. The van der Waals surface area contributed by atoms with E-state index < -0.39 is 0 Å². The molecule has 0 saturated carbocycles. The summed E-state index contributed by atoms with van der Waals surface area (Å²) in [5.41, 5.74) is 3.81. The Labute approximate surface area is 146 Å². The fraction of sp³-hybridized carbons (Fsp3) is 0.125. The molecule has 0 bridgehead atoms. The molecule has 8 nitrogen and oxygen atoms in total. The average molecular weight is 351 g/mol. The number of aryl methyl sites for hydroxylation is 2. The molecule has 0 atom stereocenters. The molecule has 3 heterocycles. The zero-order valence-corrected chi connectivity index (χ0v) is 14.3. The quantitative estimate of drug-likeness (QED) is 0.609. The Hall–Kier alpha value is -3.20. The minimum atomic E-state index is -0.270. The Balaban J connectivity index is 1.61. The number of amides is 1. The third-order valence-electron chi connectivity index (χ3n) is 3.64. The van der Waals surface area contributed by atoms with Crippen LogP contribution in [0.3, 0.4) is 0 Å². The molecule has 124 valence electrons. The van der Waals surface area contributed by atoms with Crippen LogP contribution in [0, 0.1) is 13.8 Å². The van der Waals surface area contributed by atoms with Gasteiger partial charge in [-0.05, 0) is 38.1 Å². The van der Waals surface area contributed by atoms with Crippen molar-refractivity contribution >= 4 is 34.5 Å². The van der Waals surface area contributed by atoms with Crippen LogP contribution in [0.4, 0.5) is 5.82 Å². The summed E-state index contributed by atoms with van der Waals surface area (Å²) in [4.78, 5) is 20.8. The summed E-state index contributed by atoms with van der Waals surface area (Å²) in [7, 11) is 0. The smallest absolute Gasteiger partial charge is 0.256 e. The monoisotopic (exact) mass is 351 g/mol. The maximum Gasteiger partial charge on any atom is 0.256 e. The van der Waals surface area contributed by atoms with Gasteiger partial charge in [0.25, 0.3) is 5.91 Å². The van der Waals surface area contributed by atoms with Gasteiger partial charge in [0.05, 0.1) is 17.4 Å². The zero-order chi connectivity index (χ0) is 17.4. The van der Waals surface area contributed by atoms with Crippen molar-refractivity contribution in [2.75, 3.05) is 5.32 Å². The minimum Gasteiger partial charge on any atom is -0.306 e. The SMILES string of the molecule is Cc1cc(C)n(-c2cc(NC(=O)c3ccc4nsnc4c3)ncn2)n1. The third-order valence-corrected chi connectivity index (χ3v) is 4.19. The second-order valence-corrected chi connectivity index (χ2v) is 6.05. The zero-order valence-electron chi connectivity index (χ0n) is 13.5. The number of aromatic nitrogens is 6. The van der Waals surface area contributed by atoms with Gasteiger partial charge in [-0.25, -0.2) is 14.6 Å². The molecule has 1 N–H and O–H groups in total. The molecule has 1 aromatic carbocycles. The number of anilines is 1. The second-order valence-electron chi connectivity index (χ2n) is 5.52. The molecule has 0 spiro atoms. The summed E-state index contributed by atoms with van der Waals surface area (Å²) in [6, 6.07) is 8.83. The second kappa shape index (κ2) is 6.02. The van der Waals surface area contributed by atoms with Gasteiger partial charge in [0.15, 0.2) is 5.82 Å². The number of benzene rings is 1. The van der Waals surface area contributed by atoms with E-state index in [4.69, 9.17) is 0 Å². The Morgan fingerprint density at radius 1 is 1.08 bits per heavy atom. The molecule has 0 unspecified atom stereocenters. The lowest BCUT2D eigenvalue weighted by molar-refractivity contribution is 0.102. The molecule has 3 aromatic heterocycles. The van der Waals surface area contributed by atoms with Crippen LogP contribution in [0.25, 0.3) is 16.9 Å². The van der Waals surface area contributed by atoms with Crippen LogP contribution < -0.4 is 5.32 Å². The Kier molecular flexibility index (Phi) is 3.69. The number of hydrogen-bond acceptors (Lipinski definition) is 7. The van der Waals surface area contributed by atoms with Crippen molar-refractivity contribution in [2.24, 2.45) is 0 Å². The molecular formula is C16H13N7OS. The van der Waals surface area contributed by atoms with Crippen LogP contribution in [-0.2, 0) is 0 Å². The highest BCUT2D eigenvalue weighted by Crippen LogP contribution is 2.16. The first-order chi connectivity index (χ1) is 12.1. The van der Waals surface area contributed by atoms with E-state index in [0.29, 0.717) is 22.7 Å². The van der Waals surface area contributed by atoms with Crippen LogP contribution in [0.5, 0.6) is 0 Å². The Morgan fingerprint density at radius 2 is 1.92 bits per heavy atom. The van der Waals surface area contributed by atoms with Crippen LogP contribution in [0.1, 0.15) is 21.7 Å². The third kappa shape index (κ3) is 2.96. The van der Waals surface area contributed by atoms with E-state index in [1.165, 1.54) is 6.33 Å². The predicted molar refractivity (Wildman–Crippen MR) is 94.0 cm³/mol. The van der Waals surface area contributed by atoms with Crippen molar-refractivity contribution in [3.63, 3.8) is 0 Å². The highest BCUT2D eigenvalue weighted by atomic mass is 32.1. The van der Waals surface area contributed by atoms with Gasteiger partial charge in [0, 0.05) is 17.3 Å². The molecule has 0 aliphatic rings. The molecular weight excluding hydrogens is 338 g/mol. The summed E-state index contributed by atoms with van der Waals surface area (Å²) in [6.45, 7) is 3.86. The number of rotatable bonds is 3. The Morgan fingerprint density at radius 3 is 2.72 bits per heavy atom. The van der Waals surface area contributed by atoms with Gasteiger partial charge in [-0.3, -0.25) is 4.79 Å². The summed E-state index contributed by atoms with van der Waals surface area (Å²) in [6.07, 6.45) is 1.40. The lowest BCUT2D eigenvalue weighted by Gasteiger charge is -2.07. The van der Waals surface area contributed by atoms with Crippen LogP contribution in [0.2, 0.25) is 0 Å². The van der Waals surface area contributed by atoms with E-state index in [1.54, 1.807) is 28.9 Å². The lowest BCUT2D eigenvalue weighted by atomic mass is 10.2. The van der Waals surface area contributed by atoms with Crippen molar-refractivity contribution in [3.8, 4) is 5.82 Å². The van der Waals surface area contributed by atoms with Gasteiger partial charge in [-0.15, -0.1) is 0 Å². The van der Waals surface area contributed by atoms with E-state index in [1.807, 2.05) is 19.9 Å². The van der Waals surface area contributed by atoms with Crippen molar-refractivity contribution in [3.05, 3.63) is 53.6 Å². The minimum absolute atomic E-state index is 0.270. The molecule has 0 saturated heterocycles. The number of nitrogens with one attached hydrogen (secondary N) is 1. The number of nitrogens with zero attached hydrogens (tertiary/aromatic N) is 6. The Bertz CT molecular complexity index is 1080. The maximum absolute atomic E-state index is 12.5. The molecule has 4 aromatic rings. The highest BCUT2D eigenvalue weighted by Gasteiger charge is 2.11. The summed E-state index contributed by atoms with van der Waals surface area (Å²) >= 11 is 1.12. The highest BCUT2D eigenvalue weighted by molar-refractivity contribution is 7.00. The molecule has 25 heavy (non-hydrogen) atoms. The topological polar surface area (TPSA) is 98.5 Å². The van der Waals surface area contributed by atoms with Gasteiger partial charge in [-0.2, -0.15) is 13.8 Å². The fourth-order valence-corrected chi connectivity index (χ4v) is 3.02. The van der Waals surface area contributed by atoms with Gasteiger partial charge in [-0.1, -0.05) is 0 Å². The molecule has 0 aliphatic carbocycles. The van der Waals surface area contributed by atoms with E-state index in [9.17, 15) is 4.79 Å². The summed E-state index contributed by atoms with van der Waals surface area (Å²) < 4.78 is 9.98. The van der Waals surface area contributed by atoms with E-state index in [2.05, 4.69) is 29.1 Å². The molecule has 4 rings (SSSR count). The summed E-state index contributed by atoms with van der Waals surface area (Å²) in [5.74, 6) is 0.724. The van der Waals surface area contributed by atoms with Crippen molar-refractivity contribution in [1.82, 2.24) is 28.5 Å². The normalized spacial score (nSPS) is 11.0. The number of hydrogen-bond donors (Lipinski definition) is 1. The van der Waals surface area contributed by atoms with Crippen LogP contribution >= 0.6 is 11.7 Å². The standard InChI is InChI=1S/C16H13N7OS/c1-9-5-10(2)23(20-9)15-7-14(17-8-18-15)19-16(24)11-3-4-12-13(6-11)22-25-21-12/h3-8H,1-2H3,(H,17,18,19,24). The van der Waals surface area contributed by atoms with Crippen LogP contribution in [0.15, 0.2) is 36.7 Å². The molecule has 1 amide bonds. The van der Waals surface area contributed by atoms with Gasteiger partial charge >= 0.3 is 0 Å². The first-order valence-electron chi connectivity index (χ1n) is 7.49. The lowest BCUT2D eigenvalue weighted by Crippen LogP contribution is -2.14.